The van der Waals surface area contributed by atoms with E-state index >= 15 is 0 Å². The highest BCUT2D eigenvalue weighted by Crippen LogP contribution is 2.38. The number of nitrogens with one attached hydrogen (secondary N) is 1. The van der Waals surface area contributed by atoms with Gasteiger partial charge in [-0.25, -0.2) is 4.68 Å². The predicted molar refractivity (Wildman–Crippen MR) is 116 cm³/mol. The van der Waals surface area contributed by atoms with Crippen LogP contribution >= 0.6 is 11.8 Å². The summed E-state index contributed by atoms with van der Waals surface area (Å²) in [6, 6.07) is 11.5. The van der Waals surface area contributed by atoms with E-state index < -0.39 is 0 Å². The number of anilines is 1. The lowest BCUT2D eigenvalue weighted by Gasteiger charge is -2.15. The van der Waals surface area contributed by atoms with Crippen LogP contribution in [0.4, 0.5) is 5.82 Å². The predicted octanol–water partition coefficient (Wildman–Crippen LogP) is 4.51. The van der Waals surface area contributed by atoms with Crippen LogP contribution in [0.1, 0.15) is 32.7 Å². The van der Waals surface area contributed by atoms with Crippen LogP contribution in [0.3, 0.4) is 0 Å². The van der Waals surface area contributed by atoms with Crippen molar-refractivity contribution < 1.29 is 14.3 Å². The lowest BCUT2D eigenvalue weighted by atomic mass is 10.1. The average Bonchev–Trinajstić information content (AvgIpc) is 3.30. The van der Waals surface area contributed by atoms with Crippen molar-refractivity contribution in [2.45, 2.75) is 25.4 Å². The molecule has 4 rings (SSSR count). The van der Waals surface area contributed by atoms with E-state index in [1.54, 1.807) is 37.1 Å². The normalized spacial score (nSPS) is 12.6. The molecule has 1 N–H and O–H groups in total. The van der Waals surface area contributed by atoms with Gasteiger partial charge in [0.15, 0.2) is 11.5 Å². The molecule has 3 aromatic rings. The van der Waals surface area contributed by atoms with Crippen LogP contribution in [0.5, 0.6) is 11.5 Å². The van der Waals surface area contributed by atoms with Gasteiger partial charge in [-0.1, -0.05) is 23.8 Å². The van der Waals surface area contributed by atoms with Crippen molar-refractivity contribution in [2.24, 2.45) is 0 Å². The minimum absolute atomic E-state index is 0.258. The first-order valence-electron chi connectivity index (χ1n) is 9.32. The van der Waals surface area contributed by atoms with Crippen LogP contribution in [0.25, 0.3) is 5.69 Å². The number of rotatable bonds is 5. The zero-order valence-electron chi connectivity index (χ0n) is 16.9. The number of carbonyl (C=O) groups is 1. The Hall–Kier alpha value is -2.93. The largest absolute Gasteiger partial charge is 0.493 e. The van der Waals surface area contributed by atoms with E-state index in [4.69, 9.17) is 14.6 Å². The van der Waals surface area contributed by atoms with Crippen LogP contribution in [-0.4, -0.2) is 29.9 Å². The number of carbonyl (C=O) groups excluding carboxylic acids is 1. The average molecular weight is 410 g/mol. The summed E-state index contributed by atoms with van der Waals surface area (Å²) < 4.78 is 12.6. The van der Waals surface area contributed by atoms with Gasteiger partial charge in [0.2, 0.25) is 0 Å². The van der Waals surface area contributed by atoms with Crippen molar-refractivity contribution in [3.8, 4) is 17.2 Å². The first-order chi connectivity index (χ1) is 14.0. The number of ether oxygens (including phenoxy) is 2. The van der Waals surface area contributed by atoms with Crippen LogP contribution < -0.4 is 14.8 Å². The number of nitrogens with zero attached hydrogens (tertiary/aromatic N) is 2. The van der Waals surface area contributed by atoms with Gasteiger partial charge >= 0.3 is 0 Å². The molecule has 0 bridgehead atoms. The summed E-state index contributed by atoms with van der Waals surface area (Å²) in [4.78, 5) is 13.2. The van der Waals surface area contributed by atoms with Crippen molar-refractivity contribution in [3.05, 3.63) is 64.3 Å². The second-order valence-electron chi connectivity index (χ2n) is 6.96. The first-order valence-corrected chi connectivity index (χ1v) is 10.5. The lowest BCUT2D eigenvalue weighted by molar-refractivity contribution is 0.102. The highest BCUT2D eigenvalue weighted by molar-refractivity contribution is 7.98. The molecule has 0 radical (unpaired) electrons. The van der Waals surface area contributed by atoms with E-state index in [1.165, 1.54) is 12.7 Å². The number of methoxy groups -OCH3 is 2. The summed E-state index contributed by atoms with van der Waals surface area (Å²) in [5, 5.41) is 7.89. The molecule has 1 amide bonds. The number of benzene rings is 2. The Kier molecular flexibility index (Phi) is 5.24. The molecule has 6 nitrogen and oxygen atoms in total. The van der Waals surface area contributed by atoms with E-state index in [2.05, 4.69) is 31.3 Å². The molecule has 7 heteroatoms. The Bertz CT molecular complexity index is 1090. The molecule has 150 valence electrons. The molecule has 2 heterocycles. The Morgan fingerprint density at radius 3 is 2.69 bits per heavy atom. The molecule has 2 aromatic carbocycles. The van der Waals surface area contributed by atoms with Gasteiger partial charge in [-0.15, -0.1) is 0 Å². The van der Waals surface area contributed by atoms with Crippen molar-refractivity contribution >= 4 is 23.5 Å². The topological polar surface area (TPSA) is 65.4 Å². The maximum atomic E-state index is 13.2. The van der Waals surface area contributed by atoms with E-state index in [0.29, 0.717) is 22.9 Å². The SMILES string of the molecule is COc1cccc(C(=O)Nc2c3c(nn2-c2ccc(C)cc2C)CSC3)c1OC. The third-order valence-corrected chi connectivity index (χ3v) is 5.98. The summed E-state index contributed by atoms with van der Waals surface area (Å²) in [5.74, 6) is 3.06. The zero-order chi connectivity index (χ0) is 20.5. The summed E-state index contributed by atoms with van der Waals surface area (Å²) in [7, 11) is 3.09. The molecule has 0 saturated heterocycles. The zero-order valence-corrected chi connectivity index (χ0v) is 17.7. The summed E-state index contributed by atoms with van der Waals surface area (Å²) in [5.41, 5.74) is 5.76. The van der Waals surface area contributed by atoms with Gasteiger partial charge in [0.25, 0.3) is 5.91 Å². The number of aromatic nitrogens is 2. The van der Waals surface area contributed by atoms with Gasteiger partial charge in [-0.3, -0.25) is 4.79 Å². The van der Waals surface area contributed by atoms with Gasteiger partial charge in [-0.05, 0) is 37.6 Å². The molecule has 0 saturated carbocycles. The molecular weight excluding hydrogens is 386 g/mol. The quantitative estimate of drug-likeness (QED) is 0.672. The van der Waals surface area contributed by atoms with Crippen LogP contribution in [-0.2, 0) is 11.5 Å². The minimum Gasteiger partial charge on any atom is -0.493 e. The van der Waals surface area contributed by atoms with Crippen molar-refractivity contribution in [1.82, 2.24) is 9.78 Å². The standard InChI is InChI=1S/C22H23N3O3S/c1-13-8-9-18(14(2)10-13)25-21(16-11-29-12-17(16)24-25)23-22(26)15-6-5-7-19(27-3)20(15)28-4/h5-10H,11-12H2,1-4H3,(H,23,26). The van der Waals surface area contributed by atoms with Crippen molar-refractivity contribution in [2.75, 3.05) is 19.5 Å². The Morgan fingerprint density at radius 2 is 1.97 bits per heavy atom. The van der Waals surface area contributed by atoms with Gasteiger partial charge in [0, 0.05) is 17.1 Å². The fraction of sp³-hybridized carbons (Fsp3) is 0.273. The maximum absolute atomic E-state index is 13.2. The van der Waals surface area contributed by atoms with Gasteiger partial charge in [0.1, 0.15) is 5.82 Å². The molecule has 0 atom stereocenters. The highest BCUT2D eigenvalue weighted by Gasteiger charge is 2.26. The van der Waals surface area contributed by atoms with Crippen molar-refractivity contribution in [1.29, 1.82) is 0 Å². The number of hydrogen-bond donors (Lipinski definition) is 1. The molecule has 0 fully saturated rings. The van der Waals surface area contributed by atoms with Crippen LogP contribution in [0, 0.1) is 13.8 Å². The molecule has 0 spiro atoms. The third kappa shape index (κ3) is 3.46. The number of hydrogen-bond acceptors (Lipinski definition) is 5. The number of aryl methyl sites for hydroxylation is 2. The summed E-state index contributed by atoms with van der Waals surface area (Å²) in [6.45, 7) is 4.12. The number of para-hydroxylation sites is 1. The number of thioether (sulfide) groups is 1. The summed E-state index contributed by atoms with van der Waals surface area (Å²) in [6.07, 6.45) is 0. The van der Waals surface area contributed by atoms with E-state index in [1.807, 2.05) is 10.7 Å². The van der Waals surface area contributed by atoms with E-state index in [9.17, 15) is 4.79 Å². The van der Waals surface area contributed by atoms with Gasteiger partial charge in [-0.2, -0.15) is 16.9 Å². The molecule has 29 heavy (non-hydrogen) atoms. The molecule has 0 unspecified atom stereocenters. The fourth-order valence-corrected chi connectivity index (χ4v) is 4.63. The Morgan fingerprint density at radius 1 is 1.14 bits per heavy atom. The van der Waals surface area contributed by atoms with E-state index in [0.717, 1.165) is 34.0 Å². The van der Waals surface area contributed by atoms with Gasteiger partial charge in [0.05, 0.1) is 31.2 Å². The molecule has 0 aliphatic carbocycles. The monoisotopic (exact) mass is 409 g/mol. The number of fused-ring (bicyclic) bond motifs is 1. The lowest BCUT2D eigenvalue weighted by Crippen LogP contribution is -2.17. The van der Waals surface area contributed by atoms with Crippen LogP contribution in [0.15, 0.2) is 36.4 Å². The smallest absolute Gasteiger partial charge is 0.260 e. The summed E-state index contributed by atoms with van der Waals surface area (Å²) >= 11 is 1.80. The first kappa shape index (κ1) is 19.4. The van der Waals surface area contributed by atoms with Crippen molar-refractivity contribution in [3.63, 3.8) is 0 Å². The van der Waals surface area contributed by atoms with Crippen LogP contribution in [0.2, 0.25) is 0 Å². The molecule has 1 aliphatic rings. The van der Waals surface area contributed by atoms with E-state index in [-0.39, 0.29) is 5.91 Å². The Labute approximate surface area is 174 Å². The molecule has 1 aromatic heterocycles. The minimum atomic E-state index is -0.258. The second kappa shape index (κ2) is 7.83. The highest BCUT2D eigenvalue weighted by atomic mass is 32.2. The second-order valence-corrected chi connectivity index (χ2v) is 7.95. The fourth-order valence-electron chi connectivity index (χ4n) is 3.60. The maximum Gasteiger partial charge on any atom is 0.260 e. The third-order valence-electron chi connectivity index (χ3n) is 5.01. The van der Waals surface area contributed by atoms with Gasteiger partial charge < -0.3 is 14.8 Å². The Balaban J connectivity index is 1.77. The number of amides is 1. The molecular formula is C22H23N3O3S. The molecule has 1 aliphatic heterocycles.